The number of benzene rings is 2. The zero-order valence-electron chi connectivity index (χ0n) is 15.8. The van der Waals surface area contributed by atoms with Crippen LogP contribution in [0, 0.1) is 0 Å². The first-order valence-corrected chi connectivity index (χ1v) is 9.52. The molecule has 2 aromatic rings. The van der Waals surface area contributed by atoms with Crippen LogP contribution in [0.5, 0.6) is 0 Å². The zero-order chi connectivity index (χ0) is 19.4. The van der Waals surface area contributed by atoms with Crippen LogP contribution in [-0.2, 0) is 10.3 Å². The van der Waals surface area contributed by atoms with Gasteiger partial charge in [-0.1, -0.05) is 41.9 Å². The lowest BCUT2D eigenvalue weighted by Crippen LogP contribution is -2.45. The predicted molar refractivity (Wildman–Crippen MR) is 115 cm³/mol. The van der Waals surface area contributed by atoms with Gasteiger partial charge in [0.15, 0.2) is 0 Å². The van der Waals surface area contributed by atoms with E-state index in [1.54, 1.807) is 25.1 Å². The minimum absolute atomic E-state index is 0. The van der Waals surface area contributed by atoms with Gasteiger partial charge in [-0.3, -0.25) is 9.59 Å². The zero-order valence-corrected chi connectivity index (χ0v) is 17.4. The molecule has 2 amide bonds. The number of nitrogens with one attached hydrogen (secondary N) is 1. The van der Waals surface area contributed by atoms with Crippen LogP contribution in [0.4, 0.5) is 5.69 Å². The second-order valence-electron chi connectivity index (χ2n) is 7.07. The molecule has 1 fully saturated rings. The van der Waals surface area contributed by atoms with Crippen LogP contribution in [0.2, 0.25) is 5.02 Å². The normalized spacial score (nSPS) is 15.9. The molecule has 150 valence electrons. The van der Waals surface area contributed by atoms with Crippen molar-refractivity contribution >= 4 is 41.5 Å². The number of piperidine rings is 1. The molecule has 5 nitrogen and oxygen atoms in total. The van der Waals surface area contributed by atoms with Gasteiger partial charge in [-0.15, -0.1) is 12.4 Å². The van der Waals surface area contributed by atoms with Crippen LogP contribution >= 0.6 is 24.0 Å². The first kappa shape index (κ1) is 22.2. The Morgan fingerprint density at radius 2 is 1.71 bits per heavy atom. The number of likely N-dealkylation sites (tertiary alicyclic amines) is 1. The first-order chi connectivity index (χ1) is 12.9. The number of carbonyl (C=O) groups is 2. The molecular weight excluding hydrogens is 397 g/mol. The highest BCUT2D eigenvalue weighted by molar-refractivity contribution is 6.34. The highest BCUT2D eigenvalue weighted by Crippen LogP contribution is 2.25. The van der Waals surface area contributed by atoms with Crippen molar-refractivity contribution in [3.8, 4) is 0 Å². The molecule has 1 aliphatic heterocycles. The summed E-state index contributed by atoms with van der Waals surface area (Å²) < 4.78 is 0. The standard InChI is InChI=1S/C21H24ClN3O2.ClH/c1-21(23,15-8-4-2-5-9-15)20(27)24-16-10-11-17(18(22)14-16)19(26)25-12-6-3-7-13-25;/h2,4-5,8-11,14H,3,6-7,12-13,23H2,1H3,(H,24,27);1H. The number of hydrogen-bond acceptors (Lipinski definition) is 3. The molecule has 1 aliphatic rings. The molecule has 1 unspecified atom stereocenters. The summed E-state index contributed by atoms with van der Waals surface area (Å²) in [5.41, 5.74) is 6.73. The lowest BCUT2D eigenvalue weighted by atomic mass is 9.92. The monoisotopic (exact) mass is 421 g/mol. The van der Waals surface area contributed by atoms with Crippen LogP contribution in [-0.4, -0.2) is 29.8 Å². The van der Waals surface area contributed by atoms with E-state index < -0.39 is 5.54 Å². The van der Waals surface area contributed by atoms with Crippen LogP contribution < -0.4 is 11.1 Å². The number of rotatable bonds is 4. The third-order valence-electron chi connectivity index (χ3n) is 4.95. The summed E-state index contributed by atoms with van der Waals surface area (Å²) in [4.78, 5) is 27.1. The Labute approximate surface area is 176 Å². The van der Waals surface area contributed by atoms with E-state index in [1.165, 1.54) is 0 Å². The summed E-state index contributed by atoms with van der Waals surface area (Å²) in [5, 5.41) is 3.12. The van der Waals surface area contributed by atoms with Gasteiger partial charge in [0.25, 0.3) is 5.91 Å². The van der Waals surface area contributed by atoms with Crippen LogP contribution in [0.3, 0.4) is 0 Å². The number of hydrogen-bond donors (Lipinski definition) is 2. The van der Waals surface area contributed by atoms with Crippen molar-refractivity contribution in [2.45, 2.75) is 31.7 Å². The van der Waals surface area contributed by atoms with Crippen LogP contribution in [0.15, 0.2) is 48.5 Å². The largest absolute Gasteiger partial charge is 0.339 e. The maximum absolute atomic E-state index is 12.7. The third kappa shape index (κ3) is 4.85. The van der Waals surface area contributed by atoms with Gasteiger partial charge in [-0.2, -0.15) is 0 Å². The Bertz CT molecular complexity index is 835. The average molecular weight is 422 g/mol. The van der Waals surface area contributed by atoms with Crippen LogP contribution in [0.1, 0.15) is 42.1 Å². The van der Waals surface area contributed by atoms with E-state index in [1.807, 2.05) is 35.2 Å². The Morgan fingerprint density at radius 1 is 1.07 bits per heavy atom. The Morgan fingerprint density at radius 3 is 2.32 bits per heavy atom. The van der Waals surface area contributed by atoms with Gasteiger partial charge in [0.1, 0.15) is 5.54 Å². The van der Waals surface area contributed by atoms with Gasteiger partial charge in [0, 0.05) is 18.8 Å². The van der Waals surface area contributed by atoms with Gasteiger partial charge in [-0.25, -0.2) is 0 Å². The van der Waals surface area contributed by atoms with E-state index in [4.69, 9.17) is 17.3 Å². The van der Waals surface area contributed by atoms with Gasteiger partial charge < -0.3 is 16.0 Å². The predicted octanol–water partition coefficient (Wildman–Crippen LogP) is 4.20. The summed E-state index contributed by atoms with van der Waals surface area (Å²) >= 11 is 6.33. The van der Waals surface area contributed by atoms with Crippen molar-refractivity contribution in [3.05, 3.63) is 64.7 Å². The SMILES string of the molecule is CC(N)(C(=O)Nc1ccc(C(=O)N2CCCCC2)c(Cl)c1)c1ccccc1.Cl. The summed E-state index contributed by atoms with van der Waals surface area (Å²) in [6.07, 6.45) is 3.19. The minimum Gasteiger partial charge on any atom is -0.339 e. The number of nitrogens with two attached hydrogens (primary N) is 1. The fraction of sp³-hybridized carbons (Fsp3) is 0.333. The van der Waals surface area contributed by atoms with E-state index in [9.17, 15) is 9.59 Å². The van der Waals surface area contributed by atoms with E-state index >= 15 is 0 Å². The van der Waals surface area contributed by atoms with E-state index in [0.29, 0.717) is 21.8 Å². The number of amides is 2. The molecule has 0 aromatic heterocycles. The highest BCUT2D eigenvalue weighted by atomic mass is 35.5. The van der Waals surface area contributed by atoms with Crippen molar-refractivity contribution in [2.75, 3.05) is 18.4 Å². The van der Waals surface area contributed by atoms with Crippen LogP contribution in [0.25, 0.3) is 0 Å². The highest BCUT2D eigenvalue weighted by Gasteiger charge is 2.30. The van der Waals surface area contributed by atoms with Crippen molar-refractivity contribution in [1.29, 1.82) is 0 Å². The molecule has 3 rings (SSSR count). The first-order valence-electron chi connectivity index (χ1n) is 9.14. The second-order valence-corrected chi connectivity index (χ2v) is 7.48. The molecule has 2 aromatic carbocycles. The molecule has 0 saturated carbocycles. The van der Waals surface area contributed by atoms with Crippen molar-refractivity contribution in [2.24, 2.45) is 5.73 Å². The lowest BCUT2D eigenvalue weighted by Gasteiger charge is -2.27. The Balaban J connectivity index is 0.00000280. The summed E-state index contributed by atoms with van der Waals surface area (Å²) in [6.45, 7) is 3.18. The van der Waals surface area contributed by atoms with E-state index in [0.717, 1.165) is 32.4 Å². The second kappa shape index (κ2) is 9.41. The number of halogens is 2. The Hall–Kier alpha value is -2.08. The Kier molecular flexibility index (Phi) is 7.47. The quantitative estimate of drug-likeness (QED) is 0.776. The number of nitrogens with zero attached hydrogens (tertiary/aromatic N) is 1. The topological polar surface area (TPSA) is 75.4 Å². The molecular formula is C21H25Cl2N3O2. The number of carbonyl (C=O) groups excluding carboxylic acids is 2. The molecule has 1 saturated heterocycles. The fourth-order valence-corrected chi connectivity index (χ4v) is 3.47. The van der Waals surface area contributed by atoms with Gasteiger partial charge in [0.2, 0.25) is 5.91 Å². The molecule has 0 bridgehead atoms. The van der Waals surface area contributed by atoms with Gasteiger partial charge >= 0.3 is 0 Å². The maximum atomic E-state index is 12.7. The molecule has 3 N–H and O–H groups in total. The molecule has 28 heavy (non-hydrogen) atoms. The summed E-state index contributed by atoms with van der Waals surface area (Å²) in [5.74, 6) is -0.412. The molecule has 0 radical (unpaired) electrons. The van der Waals surface area contributed by atoms with E-state index in [-0.39, 0.29) is 24.2 Å². The average Bonchev–Trinajstić information content (AvgIpc) is 2.69. The lowest BCUT2D eigenvalue weighted by molar-refractivity contribution is -0.120. The van der Waals surface area contributed by atoms with Crippen molar-refractivity contribution in [1.82, 2.24) is 4.90 Å². The van der Waals surface area contributed by atoms with Gasteiger partial charge in [-0.05, 0) is 49.9 Å². The van der Waals surface area contributed by atoms with Gasteiger partial charge in [0.05, 0.1) is 10.6 Å². The fourth-order valence-electron chi connectivity index (χ4n) is 3.21. The molecule has 0 spiro atoms. The number of anilines is 1. The van der Waals surface area contributed by atoms with Crippen molar-refractivity contribution < 1.29 is 9.59 Å². The molecule has 0 aliphatic carbocycles. The summed E-state index contributed by atoms with van der Waals surface area (Å²) in [6, 6.07) is 14.1. The molecule has 1 heterocycles. The molecule has 1 atom stereocenters. The smallest absolute Gasteiger partial charge is 0.255 e. The minimum atomic E-state index is -1.18. The third-order valence-corrected chi connectivity index (χ3v) is 5.26. The van der Waals surface area contributed by atoms with Crippen molar-refractivity contribution in [3.63, 3.8) is 0 Å². The molecule has 7 heteroatoms. The maximum Gasteiger partial charge on any atom is 0.255 e. The van der Waals surface area contributed by atoms with E-state index in [2.05, 4.69) is 5.32 Å². The summed E-state index contributed by atoms with van der Waals surface area (Å²) in [7, 11) is 0.